The Balaban J connectivity index is 1.16. The highest BCUT2D eigenvalue weighted by atomic mass is 32.2. The summed E-state index contributed by atoms with van der Waals surface area (Å²) in [7, 11) is -3.60. The van der Waals surface area contributed by atoms with Crippen molar-refractivity contribution in [2.45, 2.75) is 56.1 Å². The van der Waals surface area contributed by atoms with E-state index < -0.39 is 10.0 Å². The number of aromatic nitrogens is 1. The molecule has 184 valence electrons. The predicted octanol–water partition coefficient (Wildman–Crippen LogP) is 2.59. The van der Waals surface area contributed by atoms with E-state index in [1.807, 2.05) is 30.0 Å². The van der Waals surface area contributed by atoms with E-state index in [-0.39, 0.29) is 29.9 Å². The molecule has 0 unspecified atom stereocenters. The van der Waals surface area contributed by atoms with E-state index in [1.165, 1.54) is 0 Å². The first-order valence-electron chi connectivity index (χ1n) is 12.1. The molecule has 1 N–H and O–H groups in total. The highest BCUT2D eigenvalue weighted by Gasteiger charge is 2.30. The molecule has 0 spiro atoms. The maximum Gasteiger partial charge on any atom is 0.240 e. The van der Waals surface area contributed by atoms with Gasteiger partial charge in [-0.3, -0.25) is 14.7 Å². The minimum absolute atomic E-state index is 0.00912. The average Bonchev–Trinajstić information content (AvgIpc) is 2.85. The second-order valence-corrected chi connectivity index (χ2v) is 10.9. The Kier molecular flexibility index (Phi) is 8.18. The second-order valence-electron chi connectivity index (χ2n) is 9.11. The average molecular weight is 487 g/mol. The zero-order valence-corrected chi connectivity index (χ0v) is 20.5. The summed E-state index contributed by atoms with van der Waals surface area (Å²) in [4.78, 5) is 21.3. The molecular formula is C25H34N4O4S. The largest absolute Gasteiger partial charge is 0.490 e. The van der Waals surface area contributed by atoms with Gasteiger partial charge >= 0.3 is 0 Å². The number of rotatable bonds is 8. The molecule has 4 rings (SSSR count). The Morgan fingerprint density at radius 2 is 1.76 bits per heavy atom. The number of nitrogens with one attached hydrogen (secondary N) is 1. The maximum absolute atomic E-state index is 12.6. The van der Waals surface area contributed by atoms with Crippen molar-refractivity contribution in [3.05, 3.63) is 54.4 Å². The molecule has 2 aromatic rings. The molecule has 0 aliphatic carbocycles. The van der Waals surface area contributed by atoms with E-state index in [1.54, 1.807) is 30.6 Å². The van der Waals surface area contributed by atoms with Crippen LogP contribution in [0.15, 0.2) is 53.7 Å². The monoisotopic (exact) mass is 486 g/mol. The lowest BCUT2D eigenvalue weighted by atomic mass is 9.98. The van der Waals surface area contributed by atoms with Crippen molar-refractivity contribution in [1.29, 1.82) is 0 Å². The third-order valence-corrected chi connectivity index (χ3v) is 8.15. The molecule has 0 atom stereocenters. The topological polar surface area (TPSA) is 91.8 Å². The van der Waals surface area contributed by atoms with Crippen LogP contribution in [0.2, 0.25) is 0 Å². The Morgan fingerprint density at radius 1 is 1.06 bits per heavy atom. The normalized spacial score (nSPS) is 18.7. The number of sulfonamides is 1. The van der Waals surface area contributed by atoms with Gasteiger partial charge in [0.05, 0.1) is 4.90 Å². The van der Waals surface area contributed by atoms with Crippen LogP contribution in [0.25, 0.3) is 0 Å². The van der Waals surface area contributed by atoms with E-state index in [4.69, 9.17) is 4.74 Å². The van der Waals surface area contributed by atoms with E-state index in [2.05, 4.69) is 14.6 Å². The van der Waals surface area contributed by atoms with Crippen molar-refractivity contribution in [2.75, 3.05) is 32.7 Å². The molecule has 1 aromatic carbocycles. The van der Waals surface area contributed by atoms with E-state index in [9.17, 15) is 13.2 Å². The second kappa shape index (κ2) is 11.3. The summed E-state index contributed by atoms with van der Waals surface area (Å²) >= 11 is 0. The fourth-order valence-electron chi connectivity index (χ4n) is 4.76. The van der Waals surface area contributed by atoms with Crippen LogP contribution >= 0.6 is 0 Å². The van der Waals surface area contributed by atoms with Crippen LogP contribution in [-0.2, 0) is 14.8 Å². The third-order valence-electron chi connectivity index (χ3n) is 6.69. The van der Waals surface area contributed by atoms with Crippen LogP contribution in [0.3, 0.4) is 0 Å². The fourth-order valence-corrected chi connectivity index (χ4v) is 5.90. The van der Waals surface area contributed by atoms with Gasteiger partial charge in [0.2, 0.25) is 15.9 Å². The molecule has 0 saturated carbocycles. The summed E-state index contributed by atoms with van der Waals surface area (Å²) in [5, 5.41) is 0. The zero-order valence-electron chi connectivity index (χ0n) is 19.7. The molecule has 1 aromatic heterocycles. The smallest absolute Gasteiger partial charge is 0.240 e. The number of pyridine rings is 1. The number of aryl methyl sites for hydroxylation is 1. The number of hydrogen-bond acceptors (Lipinski definition) is 6. The Bertz CT molecular complexity index is 1050. The highest BCUT2D eigenvalue weighted by molar-refractivity contribution is 7.89. The third kappa shape index (κ3) is 6.55. The fraction of sp³-hybridized carbons (Fsp3) is 0.520. The maximum atomic E-state index is 12.6. The van der Waals surface area contributed by atoms with Crippen molar-refractivity contribution in [2.24, 2.45) is 0 Å². The van der Waals surface area contributed by atoms with Crippen LogP contribution in [-0.4, -0.2) is 74.0 Å². The molecule has 2 aliphatic rings. The lowest BCUT2D eigenvalue weighted by Gasteiger charge is -2.41. The number of likely N-dealkylation sites (tertiary alicyclic amines) is 2. The molecule has 0 radical (unpaired) electrons. The van der Waals surface area contributed by atoms with Gasteiger partial charge in [0, 0.05) is 57.6 Å². The van der Waals surface area contributed by atoms with Gasteiger partial charge in [-0.05, 0) is 62.4 Å². The van der Waals surface area contributed by atoms with Gasteiger partial charge in [-0.15, -0.1) is 0 Å². The molecule has 9 heteroatoms. The minimum atomic E-state index is -3.60. The summed E-state index contributed by atoms with van der Waals surface area (Å²) in [6.07, 6.45) is 7.83. The Labute approximate surface area is 202 Å². The zero-order chi connectivity index (χ0) is 24.0. The Hall–Kier alpha value is -2.49. The van der Waals surface area contributed by atoms with Gasteiger partial charge in [0.25, 0.3) is 0 Å². The molecule has 3 heterocycles. The van der Waals surface area contributed by atoms with Gasteiger partial charge in [-0.2, -0.15) is 0 Å². The van der Waals surface area contributed by atoms with Gasteiger partial charge < -0.3 is 9.64 Å². The van der Waals surface area contributed by atoms with Crippen LogP contribution in [0.5, 0.6) is 5.75 Å². The van der Waals surface area contributed by atoms with Gasteiger partial charge in [-0.25, -0.2) is 13.1 Å². The molecule has 2 saturated heterocycles. The van der Waals surface area contributed by atoms with Gasteiger partial charge in [0.15, 0.2) is 0 Å². The van der Waals surface area contributed by atoms with Crippen molar-refractivity contribution in [3.8, 4) is 5.75 Å². The predicted molar refractivity (Wildman–Crippen MR) is 130 cm³/mol. The van der Waals surface area contributed by atoms with Crippen LogP contribution in [0.4, 0.5) is 0 Å². The van der Waals surface area contributed by atoms with Crippen molar-refractivity contribution >= 4 is 15.9 Å². The molecule has 2 aliphatic heterocycles. The summed E-state index contributed by atoms with van der Waals surface area (Å²) < 4.78 is 33.5. The van der Waals surface area contributed by atoms with E-state index in [0.29, 0.717) is 6.04 Å². The first kappa shape index (κ1) is 24.6. The van der Waals surface area contributed by atoms with Crippen LogP contribution in [0.1, 0.15) is 37.7 Å². The standard InChI is InChI=1S/C25H34N4O4S/c1-20-3-2-4-24(19-20)34(31,32)27-14-7-25(30)29-15-8-21(9-16-29)28-17-10-23(11-18-28)33-22-5-12-26-13-6-22/h2-6,12-13,19,21,23,27H,7-11,14-18H2,1H3. The van der Waals surface area contributed by atoms with Crippen LogP contribution in [0, 0.1) is 6.92 Å². The molecule has 2 fully saturated rings. The number of nitrogens with zero attached hydrogens (tertiary/aromatic N) is 3. The van der Waals surface area contributed by atoms with Gasteiger partial charge in [-0.1, -0.05) is 12.1 Å². The number of benzene rings is 1. The molecule has 1 amide bonds. The quantitative estimate of drug-likeness (QED) is 0.617. The number of piperidine rings is 2. The summed E-state index contributed by atoms with van der Waals surface area (Å²) in [6.45, 7) is 5.43. The lowest BCUT2D eigenvalue weighted by molar-refractivity contribution is -0.132. The number of ether oxygens (including phenoxy) is 1. The molecular weight excluding hydrogens is 452 g/mol. The number of amides is 1. The molecule has 8 nitrogen and oxygen atoms in total. The summed E-state index contributed by atoms with van der Waals surface area (Å²) in [6, 6.07) is 11.0. The van der Waals surface area contributed by atoms with Crippen LogP contribution < -0.4 is 9.46 Å². The molecule has 0 bridgehead atoms. The SMILES string of the molecule is Cc1cccc(S(=O)(=O)NCCC(=O)N2CCC(N3CCC(Oc4ccncc4)CC3)CC2)c1. The van der Waals surface area contributed by atoms with Crippen molar-refractivity contribution in [1.82, 2.24) is 19.5 Å². The molecule has 34 heavy (non-hydrogen) atoms. The van der Waals surface area contributed by atoms with Crippen molar-refractivity contribution in [3.63, 3.8) is 0 Å². The van der Waals surface area contributed by atoms with E-state index >= 15 is 0 Å². The lowest BCUT2D eigenvalue weighted by Crippen LogP contribution is -2.50. The first-order valence-corrected chi connectivity index (χ1v) is 13.5. The minimum Gasteiger partial charge on any atom is -0.490 e. The highest BCUT2D eigenvalue weighted by Crippen LogP contribution is 2.24. The van der Waals surface area contributed by atoms with Gasteiger partial charge in [0.1, 0.15) is 11.9 Å². The number of carbonyl (C=O) groups is 1. The van der Waals surface area contributed by atoms with Crippen molar-refractivity contribution < 1.29 is 17.9 Å². The number of hydrogen-bond donors (Lipinski definition) is 1. The van der Waals surface area contributed by atoms with E-state index in [0.717, 1.165) is 63.2 Å². The first-order chi connectivity index (χ1) is 16.4. The summed E-state index contributed by atoms with van der Waals surface area (Å²) in [5.41, 5.74) is 0.882. The summed E-state index contributed by atoms with van der Waals surface area (Å²) in [5.74, 6) is 0.885. The Morgan fingerprint density at radius 3 is 2.44 bits per heavy atom. The number of carbonyl (C=O) groups excluding carboxylic acids is 1.